The van der Waals surface area contributed by atoms with Gasteiger partial charge in [0.05, 0.1) is 22.7 Å². The summed E-state index contributed by atoms with van der Waals surface area (Å²) in [4.78, 5) is 12.4. The minimum Gasteiger partial charge on any atom is -0.481 e. The van der Waals surface area contributed by atoms with Gasteiger partial charge in [0.1, 0.15) is 6.07 Å². The van der Waals surface area contributed by atoms with Gasteiger partial charge >= 0.3 is 5.97 Å². The van der Waals surface area contributed by atoms with Gasteiger partial charge in [-0.25, -0.2) is 0 Å². The molecular formula is C12H13ClN2O2. The molecule has 0 unspecified atom stereocenters. The molecule has 0 bridgehead atoms. The molecule has 1 aromatic rings. The summed E-state index contributed by atoms with van der Waals surface area (Å²) in [7, 11) is 0. The van der Waals surface area contributed by atoms with Gasteiger partial charge in [-0.2, -0.15) is 5.26 Å². The second-order valence-electron chi connectivity index (χ2n) is 3.47. The lowest BCUT2D eigenvalue weighted by atomic mass is 10.1. The van der Waals surface area contributed by atoms with E-state index < -0.39 is 5.97 Å². The molecule has 17 heavy (non-hydrogen) atoms. The fourth-order valence-electron chi connectivity index (χ4n) is 1.57. The van der Waals surface area contributed by atoms with Crippen LogP contribution in [0.5, 0.6) is 0 Å². The summed E-state index contributed by atoms with van der Waals surface area (Å²) in [6.07, 6.45) is 0.0330. The molecule has 4 nitrogen and oxygen atoms in total. The van der Waals surface area contributed by atoms with Crippen molar-refractivity contribution in [1.29, 1.82) is 5.26 Å². The number of nitriles is 1. The molecule has 5 heteroatoms. The number of carboxylic acid groups (broad SMARTS) is 1. The number of benzene rings is 1. The Bertz CT molecular complexity index is 454. The van der Waals surface area contributed by atoms with Gasteiger partial charge in [-0.05, 0) is 19.1 Å². The Kier molecular flexibility index (Phi) is 4.80. The van der Waals surface area contributed by atoms with Gasteiger partial charge in [0.15, 0.2) is 0 Å². The van der Waals surface area contributed by atoms with Crippen LogP contribution in [0.1, 0.15) is 18.9 Å². The molecule has 0 aromatic heterocycles. The number of hydrogen-bond donors (Lipinski definition) is 1. The van der Waals surface area contributed by atoms with Crippen LogP contribution in [0.2, 0.25) is 5.02 Å². The molecule has 0 amide bonds. The smallest absolute Gasteiger partial charge is 0.305 e. The first-order valence-electron chi connectivity index (χ1n) is 5.25. The predicted octanol–water partition coefficient (Wildman–Crippen LogP) is 2.51. The van der Waals surface area contributed by atoms with Gasteiger partial charge in [-0.1, -0.05) is 17.7 Å². The maximum Gasteiger partial charge on any atom is 0.305 e. The Balaban J connectivity index is 3.00. The standard InChI is InChI=1S/C12H13ClN2O2/c1-2-15(7-6-12(16)17)11-5-3-4-10(13)9(11)8-14/h3-5H,2,6-7H2,1H3,(H,16,17). The molecular weight excluding hydrogens is 240 g/mol. The van der Waals surface area contributed by atoms with Crippen molar-refractivity contribution >= 4 is 23.3 Å². The molecule has 0 atom stereocenters. The van der Waals surface area contributed by atoms with Gasteiger partial charge in [0.2, 0.25) is 0 Å². The molecule has 0 fully saturated rings. The van der Waals surface area contributed by atoms with Gasteiger partial charge < -0.3 is 10.0 Å². The summed E-state index contributed by atoms with van der Waals surface area (Å²) in [6, 6.07) is 7.22. The number of rotatable bonds is 5. The minimum absolute atomic E-state index is 0.0330. The van der Waals surface area contributed by atoms with Crippen molar-refractivity contribution in [3.05, 3.63) is 28.8 Å². The molecule has 0 heterocycles. The lowest BCUT2D eigenvalue weighted by molar-refractivity contribution is -0.136. The van der Waals surface area contributed by atoms with Crippen molar-refractivity contribution in [2.24, 2.45) is 0 Å². The van der Waals surface area contributed by atoms with E-state index >= 15 is 0 Å². The summed E-state index contributed by atoms with van der Waals surface area (Å²) in [5.74, 6) is -0.857. The first-order chi connectivity index (χ1) is 8.10. The zero-order valence-electron chi connectivity index (χ0n) is 9.48. The Morgan fingerprint density at radius 1 is 1.59 bits per heavy atom. The van der Waals surface area contributed by atoms with E-state index in [2.05, 4.69) is 0 Å². The first kappa shape index (κ1) is 13.3. The highest BCUT2D eigenvalue weighted by molar-refractivity contribution is 6.32. The van der Waals surface area contributed by atoms with Crippen molar-refractivity contribution in [3.63, 3.8) is 0 Å². The van der Waals surface area contributed by atoms with Crippen molar-refractivity contribution in [2.45, 2.75) is 13.3 Å². The zero-order chi connectivity index (χ0) is 12.8. The minimum atomic E-state index is -0.857. The van der Waals surface area contributed by atoms with Crippen LogP contribution in [0, 0.1) is 11.3 Å². The third-order valence-electron chi connectivity index (χ3n) is 2.42. The summed E-state index contributed by atoms with van der Waals surface area (Å²) >= 11 is 5.93. The van der Waals surface area contributed by atoms with Gasteiger partial charge in [-0.15, -0.1) is 0 Å². The van der Waals surface area contributed by atoms with Crippen LogP contribution in [0.3, 0.4) is 0 Å². The zero-order valence-corrected chi connectivity index (χ0v) is 10.2. The molecule has 0 aliphatic heterocycles. The summed E-state index contributed by atoms with van der Waals surface area (Å²) in [5.41, 5.74) is 1.07. The van der Waals surface area contributed by atoms with Crippen LogP contribution in [0.25, 0.3) is 0 Å². The van der Waals surface area contributed by atoms with Crippen LogP contribution in [0.15, 0.2) is 18.2 Å². The van der Waals surface area contributed by atoms with Crippen molar-refractivity contribution in [2.75, 3.05) is 18.0 Å². The molecule has 0 spiro atoms. The molecule has 0 aliphatic carbocycles. The highest BCUT2D eigenvalue weighted by atomic mass is 35.5. The maximum atomic E-state index is 10.6. The summed E-state index contributed by atoms with van der Waals surface area (Å²) in [5, 5.41) is 18.1. The Hall–Kier alpha value is -1.73. The van der Waals surface area contributed by atoms with Crippen LogP contribution in [0.4, 0.5) is 5.69 Å². The first-order valence-corrected chi connectivity index (χ1v) is 5.63. The average Bonchev–Trinajstić information content (AvgIpc) is 2.29. The highest BCUT2D eigenvalue weighted by Gasteiger charge is 2.13. The SMILES string of the molecule is CCN(CCC(=O)O)c1cccc(Cl)c1C#N. The number of hydrogen-bond acceptors (Lipinski definition) is 3. The van der Waals surface area contributed by atoms with E-state index in [0.717, 1.165) is 0 Å². The number of nitrogens with zero attached hydrogens (tertiary/aromatic N) is 2. The van der Waals surface area contributed by atoms with E-state index in [1.807, 2.05) is 17.9 Å². The summed E-state index contributed by atoms with van der Waals surface area (Å²) < 4.78 is 0. The molecule has 0 saturated heterocycles. The molecule has 1 aromatic carbocycles. The number of anilines is 1. The van der Waals surface area contributed by atoms with E-state index in [1.54, 1.807) is 18.2 Å². The molecule has 0 saturated carbocycles. The largest absolute Gasteiger partial charge is 0.481 e. The van der Waals surface area contributed by atoms with E-state index in [1.165, 1.54) is 0 Å². The van der Waals surface area contributed by atoms with Crippen LogP contribution in [-0.4, -0.2) is 24.2 Å². The van der Waals surface area contributed by atoms with E-state index in [0.29, 0.717) is 29.4 Å². The van der Waals surface area contributed by atoms with Gasteiger partial charge in [0.25, 0.3) is 0 Å². The topological polar surface area (TPSA) is 64.3 Å². The number of aliphatic carboxylic acids is 1. The Labute approximate surface area is 105 Å². The Morgan fingerprint density at radius 3 is 2.82 bits per heavy atom. The third kappa shape index (κ3) is 3.36. The van der Waals surface area contributed by atoms with E-state index in [-0.39, 0.29) is 6.42 Å². The fourth-order valence-corrected chi connectivity index (χ4v) is 1.78. The normalized spacial score (nSPS) is 9.71. The quantitative estimate of drug-likeness (QED) is 0.875. The highest BCUT2D eigenvalue weighted by Crippen LogP contribution is 2.26. The second-order valence-corrected chi connectivity index (χ2v) is 3.88. The van der Waals surface area contributed by atoms with Crippen molar-refractivity contribution < 1.29 is 9.90 Å². The second kappa shape index (κ2) is 6.12. The van der Waals surface area contributed by atoms with Gasteiger partial charge in [0, 0.05) is 13.1 Å². The van der Waals surface area contributed by atoms with Crippen LogP contribution >= 0.6 is 11.6 Å². The van der Waals surface area contributed by atoms with Crippen LogP contribution < -0.4 is 4.90 Å². The molecule has 90 valence electrons. The number of carbonyl (C=O) groups is 1. The maximum absolute atomic E-state index is 10.6. The average molecular weight is 253 g/mol. The van der Waals surface area contributed by atoms with E-state index in [4.69, 9.17) is 22.0 Å². The summed E-state index contributed by atoms with van der Waals surface area (Å²) in [6.45, 7) is 2.90. The van der Waals surface area contributed by atoms with Gasteiger partial charge in [-0.3, -0.25) is 4.79 Å². The lowest BCUT2D eigenvalue weighted by Crippen LogP contribution is -2.26. The fraction of sp³-hybridized carbons (Fsp3) is 0.333. The lowest BCUT2D eigenvalue weighted by Gasteiger charge is -2.23. The molecule has 0 aliphatic rings. The Morgan fingerprint density at radius 2 is 2.29 bits per heavy atom. The predicted molar refractivity (Wildman–Crippen MR) is 66.3 cm³/mol. The number of carboxylic acids is 1. The number of halogens is 1. The molecule has 0 radical (unpaired) electrons. The third-order valence-corrected chi connectivity index (χ3v) is 2.74. The van der Waals surface area contributed by atoms with Crippen molar-refractivity contribution in [3.8, 4) is 6.07 Å². The van der Waals surface area contributed by atoms with Crippen LogP contribution in [-0.2, 0) is 4.79 Å². The van der Waals surface area contributed by atoms with Crippen molar-refractivity contribution in [1.82, 2.24) is 0 Å². The molecule has 1 rings (SSSR count). The van der Waals surface area contributed by atoms with E-state index in [9.17, 15) is 4.79 Å². The monoisotopic (exact) mass is 252 g/mol. The molecule has 1 N–H and O–H groups in total.